The van der Waals surface area contributed by atoms with Crippen LogP contribution >= 0.6 is 15.9 Å². The molecule has 2 rings (SSSR count). The Bertz CT molecular complexity index is 206. The Kier molecular flexibility index (Phi) is 3.23. The molecule has 0 heterocycles. The zero-order valence-corrected chi connectivity index (χ0v) is 10.7. The third-order valence-electron chi connectivity index (χ3n) is 4.95. The van der Waals surface area contributed by atoms with Crippen molar-refractivity contribution in [2.45, 2.75) is 39.0 Å². The van der Waals surface area contributed by atoms with Crippen LogP contribution in [0.5, 0.6) is 0 Å². The van der Waals surface area contributed by atoms with Crippen molar-refractivity contribution in [1.29, 1.82) is 0 Å². The van der Waals surface area contributed by atoms with Crippen LogP contribution in [0.1, 0.15) is 39.0 Å². The van der Waals surface area contributed by atoms with Crippen molar-refractivity contribution in [3.05, 3.63) is 0 Å². The van der Waals surface area contributed by atoms with Crippen molar-refractivity contribution >= 4 is 15.9 Å². The van der Waals surface area contributed by atoms with Gasteiger partial charge in [0.2, 0.25) is 0 Å². The van der Waals surface area contributed by atoms with Crippen molar-refractivity contribution < 1.29 is 0 Å². The van der Waals surface area contributed by atoms with E-state index in [1.165, 1.54) is 37.4 Å². The monoisotopic (exact) mass is 259 g/mol. The highest BCUT2D eigenvalue weighted by Gasteiger charge is 2.49. The third kappa shape index (κ3) is 1.55. The first-order chi connectivity index (χ1) is 6.72. The Labute approximate surface area is 95.9 Å². The maximum Gasteiger partial charge on any atom is 0.00625 e. The number of hydrogen-bond acceptors (Lipinski definition) is 1. The Morgan fingerprint density at radius 2 is 2.14 bits per heavy atom. The maximum absolute atomic E-state index is 5.90. The third-order valence-corrected chi connectivity index (χ3v) is 5.78. The predicted molar refractivity (Wildman–Crippen MR) is 64.5 cm³/mol. The average Bonchev–Trinajstić information content (AvgIpc) is 2.53. The molecular weight excluding hydrogens is 238 g/mol. The maximum atomic E-state index is 5.90. The normalized spacial score (nSPS) is 47.8. The molecule has 0 aromatic rings. The molecule has 2 saturated carbocycles. The predicted octanol–water partition coefficient (Wildman–Crippen LogP) is 3.17. The molecule has 0 aliphatic heterocycles. The van der Waals surface area contributed by atoms with Crippen LogP contribution in [0.15, 0.2) is 0 Å². The number of fused-ring (bicyclic) bond motifs is 1. The molecule has 2 N–H and O–H groups in total. The number of halogens is 1. The highest BCUT2D eigenvalue weighted by molar-refractivity contribution is 9.09. The summed E-state index contributed by atoms with van der Waals surface area (Å²) in [6.07, 6.45) is 7.07. The van der Waals surface area contributed by atoms with Gasteiger partial charge in [-0.3, -0.25) is 0 Å². The quantitative estimate of drug-likeness (QED) is 0.758. The molecule has 14 heavy (non-hydrogen) atoms. The van der Waals surface area contributed by atoms with Gasteiger partial charge in [-0.2, -0.15) is 0 Å². The summed E-state index contributed by atoms with van der Waals surface area (Å²) in [7, 11) is 0. The van der Waals surface area contributed by atoms with Crippen LogP contribution in [0, 0.1) is 23.2 Å². The lowest BCUT2D eigenvalue weighted by molar-refractivity contribution is 0.0646. The molecule has 0 saturated heterocycles. The van der Waals surface area contributed by atoms with E-state index >= 15 is 0 Å². The summed E-state index contributed by atoms with van der Waals surface area (Å²) in [6, 6.07) is 0. The van der Waals surface area contributed by atoms with Gasteiger partial charge in [0.15, 0.2) is 0 Å². The second-order valence-electron chi connectivity index (χ2n) is 5.43. The van der Waals surface area contributed by atoms with Gasteiger partial charge in [-0.15, -0.1) is 0 Å². The zero-order chi connectivity index (χ0) is 10.2. The minimum atomic E-state index is 0.575. The van der Waals surface area contributed by atoms with Crippen LogP contribution in [-0.2, 0) is 0 Å². The summed E-state index contributed by atoms with van der Waals surface area (Å²) in [5, 5.41) is 1.20. The summed E-state index contributed by atoms with van der Waals surface area (Å²) in [5.41, 5.74) is 6.48. The SMILES string of the molecule is C[C@]12CCCC(CBr)C1CC[C@@H]2CN. The van der Waals surface area contributed by atoms with E-state index in [1.54, 1.807) is 0 Å². The zero-order valence-electron chi connectivity index (χ0n) is 9.14. The fraction of sp³-hybridized carbons (Fsp3) is 1.00. The topological polar surface area (TPSA) is 26.0 Å². The largest absolute Gasteiger partial charge is 0.330 e. The number of alkyl halides is 1. The van der Waals surface area contributed by atoms with Crippen LogP contribution in [0.4, 0.5) is 0 Å². The molecule has 2 aliphatic carbocycles. The minimum Gasteiger partial charge on any atom is -0.330 e. The smallest absolute Gasteiger partial charge is 0.00625 e. The van der Waals surface area contributed by atoms with Gasteiger partial charge in [0.1, 0.15) is 0 Å². The van der Waals surface area contributed by atoms with Gasteiger partial charge in [0.25, 0.3) is 0 Å². The molecule has 2 fully saturated rings. The van der Waals surface area contributed by atoms with Crippen LogP contribution in [0.2, 0.25) is 0 Å². The van der Waals surface area contributed by atoms with Crippen molar-refractivity contribution in [1.82, 2.24) is 0 Å². The van der Waals surface area contributed by atoms with E-state index in [4.69, 9.17) is 5.73 Å². The molecule has 1 nitrogen and oxygen atoms in total. The minimum absolute atomic E-state index is 0.575. The molecule has 4 atom stereocenters. The summed E-state index contributed by atoms with van der Waals surface area (Å²) < 4.78 is 0. The first kappa shape index (κ1) is 10.9. The first-order valence-corrected chi connectivity index (χ1v) is 7.10. The standard InChI is InChI=1S/C12H22BrN/c1-12-6-2-3-9(7-13)11(12)5-4-10(12)8-14/h9-11H,2-8,14H2,1H3/t9?,10-,11?,12-/m1/s1. The second kappa shape index (κ2) is 4.13. The highest BCUT2D eigenvalue weighted by atomic mass is 79.9. The van der Waals surface area contributed by atoms with E-state index in [-0.39, 0.29) is 0 Å². The Morgan fingerprint density at radius 3 is 2.79 bits per heavy atom. The van der Waals surface area contributed by atoms with Gasteiger partial charge in [0.05, 0.1) is 0 Å². The summed E-state index contributed by atoms with van der Waals surface area (Å²) in [6.45, 7) is 3.40. The molecule has 2 heteroatoms. The first-order valence-electron chi connectivity index (χ1n) is 5.98. The molecular formula is C12H22BrN. The lowest BCUT2D eigenvalue weighted by Gasteiger charge is -2.44. The van der Waals surface area contributed by atoms with Crippen LogP contribution in [0.3, 0.4) is 0 Å². The van der Waals surface area contributed by atoms with Crippen molar-refractivity contribution in [2.75, 3.05) is 11.9 Å². The summed E-state index contributed by atoms with van der Waals surface area (Å²) in [5.74, 6) is 2.67. The number of hydrogen-bond donors (Lipinski definition) is 1. The van der Waals surface area contributed by atoms with Gasteiger partial charge >= 0.3 is 0 Å². The average molecular weight is 260 g/mol. The lowest BCUT2D eigenvalue weighted by atomic mass is 9.62. The number of rotatable bonds is 2. The number of nitrogens with two attached hydrogens (primary N) is 1. The lowest BCUT2D eigenvalue weighted by Crippen LogP contribution is -2.39. The van der Waals surface area contributed by atoms with E-state index in [1.807, 2.05) is 0 Å². The van der Waals surface area contributed by atoms with E-state index in [9.17, 15) is 0 Å². The molecule has 0 radical (unpaired) electrons. The second-order valence-corrected chi connectivity index (χ2v) is 6.08. The molecule has 82 valence electrons. The molecule has 0 spiro atoms. The van der Waals surface area contributed by atoms with Crippen molar-refractivity contribution in [3.8, 4) is 0 Å². The van der Waals surface area contributed by atoms with Crippen LogP contribution in [-0.4, -0.2) is 11.9 Å². The molecule has 0 bridgehead atoms. The van der Waals surface area contributed by atoms with Gasteiger partial charge in [0, 0.05) is 5.33 Å². The molecule has 0 amide bonds. The molecule has 2 unspecified atom stereocenters. The highest BCUT2D eigenvalue weighted by Crippen LogP contribution is 2.57. The van der Waals surface area contributed by atoms with E-state index in [0.29, 0.717) is 5.41 Å². The van der Waals surface area contributed by atoms with E-state index in [0.717, 1.165) is 24.3 Å². The Hall–Kier alpha value is 0.440. The van der Waals surface area contributed by atoms with Gasteiger partial charge in [-0.1, -0.05) is 29.3 Å². The summed E-state index contributed by atoms with van der Waals surface area (Å²) in [4.78, 5) is 0. The molecule has 0 aromatic heterocycles. The van der Waals surface area contributed by atoms with Crippen molar-refractivity contribution in [2.24, 2.45) is 28.9 Å². The Balaban J connectivity index is 2.16. The van der Waals surface area contributed by atoms with Gasteiger partial charge in [-0.05, 0) is 55.4 Å². The van der Waals surface area contributed by atoms with Crippen LogP contribution < -0.4 is 5.73 Å². The van der Waals surface area contributed by atoms with E-state index < -0.39 is 0 Å². The van der Waals surface area contributed by atoms with Gasteiger partial charge < -0.3 is 5.73 Å². The fourth-order valence-electron chi connectivity index (χ4n) is 4.02. The molecule has 0 aromatic carbocycles. The summed E-state index contributed by atoms with van der Waals surface area (Å²) >= 11 is 3.68. The Morgan fingerprint density at radius 1 is 1.36 bits per heavy atom. The van der Waals surface area contributed by atoms with Crippen molar-refractivity contribution in [3.63, 3.8) is 0 Å². The fourth-order valence-corrected chi connectivity index (χ4v) is 4.80. The molecule has 2 aliphatic rings. The van der Waals surface area contributed by atoms with E-state index in [2.05, 4.69) is 22.9 Å². The van der Waals surface area contributed by atoms with Crippen LogP contribution in [0.25, 0.3) is 0 Å². The van der Waals surface area contributed by atoms with Gasteiger partial charge in [-0.25, -0.2) is 0 Å².